The van der Waals surface area contributed by atoms with Crippen LogP contribution in [0.4, 0.5) is 8.78 Å². The second kappa shape index (κ2) is 4.88. The molecule has 4 nitrogen and oxygen atoms in total. The Morgan fingerprint density at radius 1 is 1.40 bits per heavy atom. The molecule has 0 unspecified atom stereocenters. The van der Waals surface area contributed by atoms with E-state index < -0.39 is 13.0 Å². The average molecular weight is 219 g/mol. The van der Waals surface area contributed by atoms with Gasteiger partial charge in [0, 0.05) is 11.8 Å². The Kier molecular flexibility index (Phi) is 3.79. The molecule has 0 aliphatic heterocycles. The van der Waals surface area contributed by atoms with E-state index in [1.807, 2.05) is 0 Å². The molecule has 0 saturated heterocycles. The summed E-state index contributed by atoms with van der Waals surface area (Å²) in [6, 6.07) is 0. The molecule has 1 N–H and O–H groups in total. The highest BCUT2D eigenvalue weighted by Crippen LogP contribution is 2.37. The molecule has 1 rings (SSSR count). The fourth-order valence-electron chi connectivity index (χ4n) is 1.23. The SMILES string of the molecule is COc1ncc(CO)c(C(F)F)c1OC. The van der Waals surface area contributed by atoms with Crippen molar-refractivity contribution in [1.29, 1.82) is 0 Å². The fraction of sp³-hybridized carbons (Fsp3) is 0.444. The van der Waals surface area contributed by atoms with E-state index in [0.29, 0.717) is 0 Å². The highest BCUT2D eigenvalue weighted by atomic mass is 19.3. The molecule has 1 heterocycles. The van der Waals surface area contributed by atoms with Gasteiger partial charge in [-0.3, -0.25) is 0 Å². The zero-order valence-corrected chi connectivity index (χ0v) is 8.33. The van der Waals surface area contributed by atoms with Gasteiger partial charge in [-0.05, 0) is 0 Å². The summed E-state index contributed by atoms with van der Waals surface area (Å²) in [6.07, 6.45) is -1.61. The Balaban J connectivity index is 3.37. The third kappa shape index (κ3) is 2.15. The molecule has 0 spiro atoms. The Morgan fingerprint density at radius 3 is 2.47 bits per heavy atom. The van der Waals surface area contributed by atoms with Crippen LogP contribution >= 0.6 is 0 Å². The van der Waals surface area contributed by atoms with Crippen molar-refractivity contribution in [3.8, 4) is 11.6 Å². The number of ether oxygens (including phenoxy) is 2. The second-order valence-electron chi connectivity index (χ2n) is 2.70. The van der Waals surface area contributed by atoms with Gasteiger partial charge in [0.15, 0.2) is 5.75 Å². The van der Waals surface area contributed by atoms with Crippen LogP contribution in [0.2, 0.25) is 0 Å². The minimum atomic E-state index is -2.75. The molecule has 6 heteroatoms. The smallest absolute Gasteiger partial charge is 0.268 e. The summed E-state index contributed by atoms with van der Waals surface area (Å²) < 4.78 is 35.0. The van der Waals surface area contributed by atoms with Crippen molar-refractivity contribution < 1.29 is 23.4 Å². The lowest BCUT2D eigenvalue weighted by molar-refractivity contribution is 0.141. The van der Waals surface area contributed by atoms with Crippen LogP contribution < -0.4 is 9.47 Å². The van der Waals surface area contributed by atoms with Crippen molar-refractivity contribution in [3.05, 3.63) is 17.3 Å². The monoisotopic (exact) mass is 219 g/mol. The number of hydrogen-bond acceptors (Lipinski definition) is 4. The minimum absolute atomic E-state index is 0.0231. The Labute approximate surface area is 85.5 Å². The maximum atomic E-state index is 12.7. The van der Waals surface area contributed by atoms with E-state index in [9.17, 15) is 8.78 Å². The lowest BCUT2D eigenvalue weighted by Crippen LogP contribution is -2.03. The molecule has 1 aromatic heterocycles. The molecular weight excluding hydrogens is 208 g/mol. The topological polar surface area (TPSA) is 51.6 Å². The van der Waals surface area contributed by atoms with Crippen molar-refractivity contribution in [2.75, 3.05) is 14.2 Å². The average Bonchev–Trinajstić information content (AvgIpc) is 2.26. The van der Waals surface area contributed by atoms with E-state index >= 15 is 0 Å². The van der Waals surface area contributed by atoms with Crippen LogP contribution in [-0.2, 0) is 6.61 Å². The fourth-order valence-corrected chi connectivity index (χ4v) is 1.23. The predicted octanol–water partition coefficient (Wildman–Crippen LogP) is 1.53. The van der Waals surface area contributed by atoms with Gasteiger partial charge in [-0.2, -0.15) is 0 Å². The summed E-state index contributed by atoms with van der Waals surface area (Å²) in [5.74, 6) is -0.163. The first-order valence-electron chi connectivity index (χ1n) is 4.14. The first-order valence-corrected chi connectivity index (χ1v) is 4.14. The van der Waals surface area contributed by atoms with Crippen LogP contribution in [0.15, 0.2) is 6.20 Å². The number of hydrogen-bond donors (Lipinski definition) is 1. The maximum absolute atomic E-state index is 12.7. The molecule has 0 saturated carbocycles. The summed E-state index contributed by atoms with van der Waals surface area (Å²) in [6.45, 7) is -0.521. The van der Waals surface area contributed by atoms with Crippen LogP contribution in [0.3, 0.4) is 0 Å². The van der Waals surface area contributed by atoms with E-state index in [2.05, 4.69) is 4.98 Å². The number of pyridine rings is 1. The van der Waals surface area contributed by atoms with Crippen molar-refractivity contribution in [1.82, 2.24) is 4.98 Å². The van der Waals surface area contributed by atoms with Gasteiger partial charge in [-0.15, -0.1) is 0 Å². The number of alkyl halides is 2. The number of aliphatic hydroxyl groups is 1. The van der Waals surface area contributed by atoms with E-state index in [4.69, 9.17) is 14.6 Å². The predicted molar refractivity (Wildman–Crippen MR) is 48.2 cm³/mol. The van der Waals surface area contributed by atoms with E-state index in [1.54, 1.807) is 0 Å². The number of halogens is 2. The summed E-state index contributed by atoms with van der Waals surface area (Å²) in [7, 11) is 2.55. The third-order valence-corrected chi connectivity index (χ3v) is 1.91. The number of rotatable bonds is 4. The summed E-state index contributed by atoms with van der Waals surface area (Å²) in [5.41, 5.74) is -0.352. The highest BCUT2D eigenvalue weighted by molar-refractivity contribution is 5.46. The molecule has 15 heavy (non-hydrogen) atoms. The summed E-state index contributed by atoms with van der Waals surface area (Å²) >= 11 is 0. The molecular formula is C9H11F2NO3. The van der Waals surface area contributed by atoms with Crippen LogP contribution in [0, 0.1) is 0 Å². The molecule has 1 aromatic rings. The van der Waals surface area contributed by atoms with Gasteiger partial charge in [0.1, 0.15) is 0 Å². The molecule has 84 valence electrons. The van der Waals surface area contributed by atoms with Crippen molar-refractivity contribution >= 4 is 0 Å². The first-order chi connectivity index (χ1) is 7.15. The lowest BCUT2D eigenvalue weighted by Gasteiger charge is -2.13. The quantitative estimate of drug-likeness (QED) is 0.834. The van der Waals surface area contributed by atoms with Gasteiger partial charge in [0.2, 0.25) is 0 Å². The van der Waals surface area contributed by atoms with Crippen LogP contribution in [0.5, 0.6) is 11.6 Å². The van der Waals surface area contributed by atoms with E-state index in [-0.39, 0.29) is 22.8 Å². The van der Waals surface area contributed by atoms with Crippen LogP contribution in [0.1, 0.15) is 17.6 Å². The van der Waals surface area contributed by atoms with Crippen LogP contribution in [-0.4, -0.2) is 24.3 Å². The van der Waals surface area contributed by atoms with Crippen molar-refractivity contribution in [3.63, 3.8) is 0 Å². The lowest BCUT2D eigenvalue weighted by atomic mass is 10.1. The first kappa shape index (κ1) is 11.6. The normalized spacial score (nSPS) is 10.5. The van der Waals surface area contributed by atoms with Gasteiger partial charge >= 0.3 is 0 Å². The summed E-state index contributed by atoms with van der Waals surface area (Å²) in [5, 5.41) is 8.88. The molecule has 0 aromatic carbocycles. The standard InChI is InChI=1S/C9H11F2NO3/c1-14-7-6(8(10)11)5(4-13)3-12-9(7)15-2/h3,8,13H,4H2,1-2H3. The molecule has 0 bridgehead atoms. The van der Waals surface area contributed by atoms with Crippen molar-refractivity contribution in [2.45, 2.75) is 13.0 Å². The van der Waals surface area contributed by atoms with Gasteiger partial charge in [0.25, 0.3) is 12.3 Å². The van der Waals surface area contributed by atoms with Gasteiger partial charge < -0.3 is 14.6 Å². The Morgan fingerprint density at radius 2 is 2.07 bits per heavy atom. The number of methoxy groups -OCH3 is 2. The van der Waals surface area contributed by atoms with E-state index in [0.717, 1.165) is 6.20 Å². The Bertz CT molecular complexity index is 344. The van der Waals surface area contributed by atoms with E-state index in [1.165, 1.54) is 14.2 Å². The number of aliphatic hydroxyl groups excluding tert-OH is 1. The zero-order valence-electron chi connectivity index (χ0n) is 8.33. The highest BCUT2D eigenvalue weighted by Gasteiger charge is 2.23. The van der Waals surface area contributed by atoms with Gasteiger partial charge in [-0.1, -0.05) is 0 Å². The molecule has 0 atom stereocenters. The zero-order chi connectivity index (χ0) is 11.4. The molecule has 0 aliphatic rings. The molecule has 0 radical (unpaired) electrons. The van der Waals surface area contributed by atoms with Gasteiger partial charge in [0.05, 0.1) is 26.4 Å². The number of nitrogens with zero attached hydrogens (tertiary/aromatic N) is 1. The third-order valence-electron chi connectivity index (χ3n) is 1.91. The maximum Gasteiger partial charge on any atom is 0.268 e. The van der Waals surface area contributed by atoms with Gasteiger partial charge in [-0.25, -0.2) is 13.8 Å². The van der Waals surface area contributed by atoms with Crippen molar-refractivity contribution in [2.24, 2.45) is 0 Å². The molecule has 0 fully saturated rings. The molecule has 0 aliphatic carbocycles. The minimum Gasteiger partial charge on any atom is -0.491 e. The Hall–Kier alpha value is -1.43. The van der Waals surface area contributed by atoms with Crippen LogP contribution in [0.25, 0.3) is 0 Å². The number of aromatic nitrogens is 1. The second-order valence-corrected chi connectivity index (χ2v) is 2.70. The largest absolute Gasteiger partial charge is 0.491 e. The summed E-state index contributed by atoms with van der Waals surface area (Å²) in [4.78, 5) is 3.74. The molecule has 0 amide bonds.